The maximum atomic E-state index is 13.0. The van der Waals surface area contributed by atoms with Crippen LogP contribution in [-0.4, -0.2) is 20.2 Å². The Morgan fingerprint density at radius 2 is 1.94 bits per heavy atom. The van der Waals surface area contributed by atoms with Gasteiger partial charge in [0.1, 0.15) is 35.5 Å². The molecule has 0 aliphatic carbocycles. The van der Waals surface area contributed by atoms with Gasteiger partial charge in [-0.3, -0.25) is 0 Å². The predicted octanol–water partition coefficient (Wildman–Crippen LogP) is 4.55. The number of nitrogens with two attached hydrogens (primary N) is 1. The van der Waals surface area contributed by atoms with Gasteiger partial charge in [-0.1, -0.05) is 12.1 Å². The van der Waals surface area contributed by atoms with Crippen LogP contribution < -0.4 is 15.2 Å². The zero-order chi connectivity index (χ0) is 25.0. The van der Waals surface area contributed by atoms with Crippen molar-refractivity contribution in [1.29, 1.82) is 5.26 Å². The molecule has 1 atom stereocenters. The molecule has 10 heteroatoms. The summed E-state index contributed by atoms with van der Waals surface area (Å²) in [6, 6.07) is 11.3. The molecule has 0 amide bonds. The van der Waals surface area contributed by atoms with Gasteiger partial charge in [-0.15, -0.1) is 0 Å². The summed E-state index contributed by atoms with van der Waals surface area (Å²) in [6.45, 7) is 1.39. The normalized spacial score (nSPS) is 16.0. The Kier molecular flexibility index (Phi) is 7.05. The summed E-state index contributed by atoms with van der Waals surface area (Å²) in [6.07, 6.45) is -4.51. The maximum Gasteiger partial charge on any atom is 0.416 e. The van der Waals surface area contributed by atoms with Crippen LogP contribution in [0.5, 0.6) is 11.5 Å². The van der Waals surface area contributed by atoms with Gasteiger partial charge in [0, 0.05) is 5.56 Å². The molecule has 1 heterocycles. The van der Waals surface area contributed by atoms with E-state index < -0.39 is 23.6 Å². The van der Waals surface area contributed by atoms with Crippen LogP contribution in [0.4, 0.5) is 13.2 Å². The van der Waals surface area contributed by atoms with Crippen molar-refractivity contribution in [1.82, 2.24) is 0 Å². The van der Waals surface area contributed by atoms with Gasteiger partial charge in [-0.05, 0) is 42.8 Å². The van der Waals surface area contributed by atoms with Gasteiger partial charge in [0.05, 0.1) is 31.3 Å². The molecule has 7 nitrogen and oxygen atoms in total. The predicted molar refractivity (Wildman–Crippen MR) is 114 cm³/mol. The van der Waals surface area contributed by atoms with Crippen LogP contribution >= 0.6 is 0 Å². The van der Waals surface area contributed by atoms with E-state index in [0.29, 0.717) is 16.9 Å². The highest BCUT2D eigenvalue weighted by molar-refractivity contribution is 5.92. The standard InChI is InChI=1S/C24H21F3N2O5/c1-13-20(23(30)32-3)21(18(11-28)22(29)34-13)14-7-8-19(31-2)15(9-14)12-33-17-6-4-5-16(10-17)24(25,26)27/h4-10,21H,12,29H2,1-3H3/t21-/m0/s1. The largest absolute Gasteiger partial charge is 0.496 e. The molecule has 178 valence electrons. The van der Waals surface area contributed by atoms with Gasteiger partial charge in [0.2, 0.25) is 5.88 Å². The van der Waals surface area contributed by atoms with Gasteiger partial charge in [0.15, 0.2) is 0 Å². The number of methoxy groups -OCH3 is 2. The van der Waals surface area contributed by atoms with Crippen molar-refractivity contribution in [3.8, 4) is 17.6 Å². The van der Waals surface area contributed by atoms with Crippen LogP contribution in [0.25, 0.3) is 0 Å². The zero-order valence-corrected chi connectivity index (χ0v) is 18.5. The smallest absolute Gasteiger partial charge is 0.416 e. The van der Waals surface area contributed by atoms with Crippen LogP contribution in [0.1, 0.15) is 29.5 Å². The summed E-state index contributed by atoms with van der Waals surface area (Å²) in [4.78, 5) is 12.5. The lowest BCUT2D eigenvalue weighted by molar-refractivity contribution is -0.138. The average molecular weight is 474 g/mol. The Morgan fingerprint density at radius 1 is 1.21 bits per heavy atom. The number of carbonyl (C=O) groups excluding carboxylic acids is 1. The molecule has 0 saturated carbocycles. The molecule has 2 aromatic carbocycles. The Balaban J connectivity index is 2.01. The quantitative estimate of drug-likeness (QED) is 0.613. The third kappa shape index (κ3) is 4.93. The number of ether oxygens (including phenoxy) is 4. The van der Waals surface area contributed by atoms with Crippen LogP contribution in [0.15, 0.2) is 65.3 Å². The fourth-order valence-corrected chi connectivity index (χ4v) is 3.60. The highest BCUT2D eigenvalue weighted by Crippen LogP contribution is 2.41. The Labute approximate surface area is 193 Å². The molecule has 1 aliphatic rings. The number of carbonyl (C=O) groups is 1. The third-order valence-electron chi connectivity index (χ3n) is 5.20. The second-order valence-corrected chi connectivity index (χ2v) is 7.27. The van der Waals surface area contributed by atoms with E-state index in [-0.39, 0.29) is 35.1 Å². The van der Waals surface area contributed by atoms with Crippen molar-refractivity contribution in [2.45, 2.75) is 25.6 Å². The first-order valence-corrected chi connectivity index (χ1v) is 9.94. The molecule has 0 radical (unpaired) electrons. The van der Waals surface area contributed by atoms with Crippen LogP contribution in [0, 0.1) is 11.3 Å². The molecule has 0 unspecified atom stereocenters. The summed E-state index contributed by atoms with van der Waals surface area (Å²) in [7, 11) is 2.63. The minimum absolute atomic E-state index is 0.0147. The number of hydrogen-bond donors (Lipinski definition) is 1. The van der Waals surface area contributed by atoms with Crippen molar-refractivity contribution in [2.75, 3.05) is 14.2 Å². The molecular weight excluding hydrogens is 453 g/mol. The van der Waals surface area contributed by atoms with E-state index >= 15 is 0 Å². The zero-order valence-electron chi connectivity index (χ0n) is 18.5. The SMILES string of the molecule is COC(=O)C1=C(C)OC(N)=C(C#N)[C@@H]1c1ccc(OC)c(COc2cccc(C(F)(F)F)c2)c1. The molecule has 0 bridgehead atoms. The first-order chi connectivity index (χ1) is 16.1. The summed E-state index contributed by atoms with van der Waals surface area (Å²) in [5.74, 6) is -1.12. The minimum atomic E-state index is -4.51. The monoisotopic (exact) mass is 474 g/mol. The van der Waals surface area contributed by atoms with Gasteiger partial charge in [-0.25, -0.2) is 4.79 Å². The number of esters is 1. The fourth-order valence-electron chi connectivity index (χ4n) is 3.60. The average Bonchev–Trinajstić information content (AvgIpc) is 2.81. The number of rotatable bonds is 6. The number of nitriles is 1. The first kappa shape index (κ1) is 24.5. The highest BCUT2D eigenvalue weighted by Gasteiger charge is 2.36. The van der Waals surface area contributed by atoms with Crippen molar-refractivity contribution < 1.29 is 36.9 Å². The lowest BCUT2D eigenvalue weighted by Crippen LogP contribution is -2.25. The second-order valence-electron chi connectivity index (χ2n) is 7.27. The molecule has 1 aliphatic heterocycles. The number of halogens is 3. The van der Waals surface area contributed by atoms with Crippen LogP contribution in [0.3, 0.4) is 0 Å². The number of nitrogens with zero attached hydrogens (tertiary/aromatic N) is 1. The van der Waals surface area contributed by atoms with Crippen molar-refractivity contribution in [2.24, 2.45) is 5.73 Å². The summed E-state index contributed by atoms with van der Waals surface area (Å²) >= 11 is 0. The molecule has 3 rings (SSSR count). The van der Waals surface area contributed by atoms with E-state index in [9.17, 15) is 23.2 Å². The second kappa shape index (κ2) is 9.79. The molecule has 0 aromatic heterocycles. The van der Waals surface area contributed by atoms with Crippen molar-refractivity contribution in [3.05, 3.63) is 81.9 Å². The number of alkyl halides is 3. The number of benzene rings is 2. The van der Waals surface area contributed by atoms with E-state index in [1.54, 1.807) is 18.2 Å². The summed E-state index contributed by atoms with van der Waals surface area (Å²) < 4.78 is 60.2. The van der Waals surface area contributed by atoms with Gasteiger partial charge in [0.25, 0.3) is 0 Å². The summed E-state index contributed by atoms with van der Waals surface area (Å²) in [5.41, 5.74) is 6.14. The number of allylic oxidation sites excluding steroid dienone is 2. The molecular formula is C24H21F3N2O5. The topological polar surface area (TPSA) is 104 Å². The van der Waals surface area contributed by atoms with Crippen molar-refractivity contribution in [3.63, 3.8) is 0 Å². The lowest BCUT2D eigenvalue weighted by atomic mass is 9.82. The van der Waals surface area contributed by atoms with Gasteiger partial charge < -0.3 is 24.7 Å². The van der Waals surface area contributed by atoms with Crippen LogP contribution in [0.2, 0.25) is 0 Å². The molecule has 0 spiro atoms. The third-order valence-corrected chi connectivity index (χ3v) is 5.20. The van der Waals surface area contributed by atoms with E-state index in [0.717, 1.165) is 12.1 Å². The highest BCUT2D eigenvalue weighted by atomic mass is 19.4. The van der Waals surface area contributed by atoms with Gasteiger partial charge in [-0.2, -0.15) is 18.4 Å². The van der Waals surface area contributed by atoms with Gasteiger partial charge >= 0.3 is 12.1 Å². The first-order valence-electron chi connectivity index (χ1n) is 9.94. The molecule has 0 fully saturated rings. The molecule has 2 aromatic rings. The van der Waals surface area contributed by atoms with Crippen LogP contribution in [-0.2, 0) is 27.1 Å². The lowest BCUT2D eigenvalue weighted by Gasteiger charge is -2.27. The Morgan fingerprint density at radius 3 is 2.56 bits per heavy atom. The number of hydrogen-bond acceptors (Lipinski definition) is 7. The minimum Gasteiger partial charge on any atom is -0.496 e. The van der Waals surface area contributed by atoms with Crippen molar-refractivity contribution >= 4 is 5.97 Å². The molecule has 34 heavy (non-hydrogen) atoms. The Bertz CT molecular complexity index is 1210. The molecule has 0 saturated heterocycles. The Hall–Kier alpha value is -4.13. The fraction of sp³-hybridized carbons (Fsp3) is 0.250. The van der Waals surface area contributed by atoms with E-state index in [1.165, 1.54) is 33.3 Å². The van der Waals surface area contributed by atoms with E-state index in [1.807, 2.05) is 6.07 Å². The van der Waals surface area contributed by atoms with E-state index in [2.05, 4.69) is 0 Å². The maximum absolute atomic E-state index is 13.0. The molecule has 2 N–H and O–H groups in total. The summed E-state index contributed by atoms with van der Waals surface area (Å²) in [5, 5.41) is 9.68. The van der Waals surface area contributed by atoms with E-state index in [4.69, 9.17) is 24.7 Å².